The van der Waals surface area contributed by atoms with Crippen molar-refractivity contribution in [2.75, 3.05) is 31.2 Å². The zero-order chi connectivity index (χ0) is 11.5. The summed E-state index contributed by atoms with van der Waals surface area (Å²) in [5.74, 6) is 0.437. The summed E-state index contributed by atoms with van der Waals surface area (Å²) in [4.78, 5) is 19.6. The second-order valence-electron chi connectivity index (χ2n) is 3.49. The molecule has 0 aromatic carbocycles. The fourth-order valence-electron chi connectivity index (χ4n) is 1.62. The first-order valence-electron chi connectivity index (χ1n) is 4.93. The Hall–Kier alpha value is -1.11. The number of nitrogens with zero attached hydrogens (tertiary/aromatic N) is 2. The predicted molar refractivity (Wildman–Crippen MR) is 58.9 cm³/mol. The zero-order valence-corrected chi connectivity index (χ0v) is 9.28. The van der Waals surface area contributed by atoms with Crippen LogP contribution < -0.4 is 10.5 Å². The second-order valence-corrected chi connectivity index (χ2v) is 3.87. The van der Waals surface area contributed by atoms with Gasteiger partial charge in [0.2, 0.25) is 0 Å². The molecule has 0 spiro atoms. The van der Waals surface area contributed by atoms with Gasteiger partial charge < -0.3 is 19.7 Å². The lowest BCUT2D eigenvalue weighted by molar-refractivity contribution is 0.00336. The molecule has 6 nitrogen and oxygen atoms in total. The van der Waals surface area contributed by atoms with E-state index in [1.54, 1.807) is 0 Å². The summed E-state index contributed by atoms with van der Waals surface area (Å²) < 4.78 is 5.30. The molecule has 1 aliphatic rings. The summed E-state index contributed by atoms with van der Waals surface area (Å²) >= 11 is 5.87. The summed E-state index contributed by atoms with van der Waals surface area (Å²) in [5.41, 5.74) is -0.362. The molecule has 1 fully saturated rings. The Balaban J connectivity index is 2.23. The van der Waals surface area contributed by atoms with E-state index >= 15 is 0 Å². The van der Waals surface area contributed by atoms with Crippen LogP contribution in [0.3, 0.4) is 0 Å². The molecule has 1 unspecified atom stereocenters. The molecule has 0 bridgehead atoms. The van der Waals surface area contributed by atoms with Gasteiger partial charge in [-0.25, -0.2) is 4.98 Å². The van der Waals surface area contributed by atoms with E-state index in [0.717, 1.165) is 0 Å². The number of H-pyrrole nitrogens is 1. The first-order chi connectivity index (χ1) is 7.72. The van der Waals surface area contributed by atoms with Gasteiger partial charge in [-0.05, 0) is 0 Å². The van der Waals surface area contributed by atoms with Gasteiger partial charge >= 0.3 is 0 Å². The Kier molecular flexibility index (Phi) is 3.42. The number of aromatic amines is 1. The number of aliphatic hydroxyl groups is 1. The smallest absolute Gasteiger partial charge is 0.271 e. The van der Waals surface area contributed by atoms with Crippen molar-refractivity contribution < 1.29 is 9.84 Å². The van der Waals surface area contributed by atoms with Crippen molar-refractivity contribution in [2.24, 2.45) is 0 Å². The number of rotatable bonds is 2. The highest BCUT2D eigenvalue weighted by molar-refractivity contribution is 6.32. The molecule has 0 radical (unpaired) electrons. The van der Waals surface area contributed by atoms with Crippen molar-refractivity contribution in [1.82, 2.24) is 9.97 Å². The number of hydrogen-bond acceptors (Lipinski definition) is 5. The summed E-state index contributed by atoms with van der Waals surface area (Å²) in [5, 5.41) is 9.08. The average molecular weight is 246 g/mol. The molecule has 2 rings (SSSR count). The Morgan fingerprint density at radius 1 is 1.75 bits per heavy atom. The number of ether oxygens (including phenoxy) is 1. The van der Waals surface area contributed by atoms with Crippen molar-refractivity contribution >= 4 is 17.4 Å². The maximum Gasteiger partial charge on any atom is 0.271 e. The molecule has 16 heavy (non-hydrogen) atoms. The average Bonchev–Trinajstić information content (AvgIpc) is 2.33. The van der Waals surface area contributed by atoms with Gasteiger partial charge in [0.25, 0.3) is 5.56 Å². The van der Waals surface area contributed by atoms with Crippen molar-refractivity contribution in [2.45, 2.75) is 6.10 Å². The topological polar surface area (TPSA) is 78.5 Å². The number of hydrogen-bond donors (Lipinski definition) is 2. The Bertz CT molecular complexity index is 423. The minimum absolute atomic E-state index is 0.0582. The van der Waals surface area contributed by atoms with Gasteiger partial charge in [-0.3, -0.25) is 4.79 Å². The second kappa shape index (κ2) is 4.82. The van der Waals surface area contributed by atoms with E-state index in [2.05, 4.69) is 9.97 Å². The fraction of sp³-hybridized carbons (Fsp3) is 0.556. The van der Waals surface area contributed by atoms with Crippen LogP contribution in [-0.2, 0) is 4.74 Å². The van der Waals surface area contributed by atoms with Gasteiger partial charge in [-0.2, -0.15) is 0 Å². The van der Waals surface area contributed by atoms with Gasteiger partial charge in [0.1, 0.15) is 5.02 Å². The summed E-state index contributed by atoms with van der Waals surface area (Å²) in [6, 6.07) is 0. The first kappa shape index (κ1) is 11.4. The van der Waals surface area contributed by atoms with E-state index in [4.69, 9.17) is 21.4 Å². The van der Waals surface area contributed by atoms with E-state index in [9.17, 15) is 4.79 Å². The number of aromatic nitrogens is 2. The molecule has 1 aromatic heterocycles. The Labute approximate surface area is 96.8 Å². The van der Waals surface area contributed by atoms with Crippen LogP contribution in [0.15, 0.2) is 11.1 Å². The molecular weight excluding hydrogens is 234 g/mol. The van der Waals surface area contributed by atoms with Gasteiger partial charge in [-0.1, -0.05) is 11.6 Å². The van der Waals surface area contributed by atoms with Crippen LogP contribution in [0.2, 0.25) is 5.02 Å². The molecule has 1 aromatic rings. The van der Waals surface area contributed by atoms with Crippen molar-refractivity contribution in [3.63, 3.8) is 0 Å². The van der Waals surface area contributed by atoms with E-state index < -0.39 is 0 Å². The van der Waals surface area contributed by atoms with Crippen molar-refractivity contribution in [3.8, 4) is 0 Å². The van der Waals surface area contributed by atoms with Crippen LogP contribution >= 0.6 is 11.6 Å². The standard InChI is InChI=1S/C9H12ClN3O3/c10-7-8(11-5-12-9(7)15)13-1-2-16-6(3-13)4-14/h5-6,14H,1-4H2,(H,11,12,15). The first-order valence-corrected chi connectivity index (χ1v) is 5.30. The largest absolute Gasteiger partial charge is 0.394 e. The summed E-state index contributed by atoms with van der Waals surface area (Å²) in [6.07, 6.45) is 1.05. The van der Waals surface area contributed by atoms with Gasteiger partial charge in [-0.15, -0.1) is 0 Å². The predicted octanol–water partition coefficient (Wildman–Crippen LogP) is -0.379. The highest BCUT2D eigenvalue weighted by Crippen LogP contribution is 2.20. The number of nitrogens with one attached hydrogen (secondary N) is 1. The Morgan fingerprint density at radius 2 is 2.56 bits per heavy atom. The van der Waals surface area contributed by atoms with Crippen LogP contribution in [0.1, 0.15) is 0 Å². The third-order valence-electron chi connectivity index (χ3n) is 2.42. The number of morpholine rings is 1. The maximum atomic E-state index is 11.3. The molecule has 0 amide bonds. The van der Waals surface area contributed by atoms with Crippen molar-refractivity contribution in [1.29, 1.82) is 0 Å². The summed E-state index contributed by atoms with van der Waals surface area (Å²) in [6.45, 7) is 1.51. The van der Waals surface area contributed by atoms with Crippen LogP contribution in [-0.4, -0.2) is 47.5 Å². The van der Waals surface area contributed by atoms with Gasteiger partial charge in [0, 0.05) is 13.1 Å². The molecule has 2 N–H and O–H groups in total. The molecular formula is C9H12ClN3O3. The number of halogens is 1. The van der Waals surface area contributed by atoms with Gasteiger partial charge in [0.05, 0.1) is 25.6 Å². The van der Waals surface area contributed by atoms with Crippen LogP contribution in [0.5, 0.6) is 0 Å². The third-order valence-corrected chi connectivity index (χ3v) is 2.76. The van der Waals surface area contributed by atoms with Gasteiger partial charge in [0.15, 0.2) is 5.82 Å². The molecule has 2 heterocycles. The molecule has 1 saturated heterocycles. The normalized spacial score (nSPS) is 21.1. The number of anilines is 1. The lowest BCUT2D eigenvalue weighted by Crippen LogP contribution is -2.45. The number of aliphatic hydroxyl groups excluding tert-OH is 1. The van der Waals surface area contributed by atoms with Crippen LogP contribution in [0.4, 0.5) is 5.82 Å². The van der Waals surface area contributed by atoms with E-state index in [1.165, 1.54) is 6.33 Å². The van der Waals surface area contributed by atoms with Crippen LogP contribution in [0, 0.1) is 0 Å². The molecule has 88 valence electrons. The van der Waals surface area contributed by atoms with E-state index in [-0.39, 0.29) is 23.3 Å². The Morgan fingerprint density at radius 3 is 3.31 bits per heavy atom. The highest BCUT2D eigenvalue weighted by Gasteiger charge is 2.23. The maximum absolute atomic E-state index is 11.3. The van der Waals surface area contributed by atoms with E-state index in [0.29, 0.717) is 25.5 Å². The zero-order valence-electron chi connectivity index (χ0n) is 8.52. The third kappa shape index (κ3) is 2.18. The molecule has 1 aliphatic heterocycles. The lowest BCUT2D eigenvalue weighted by Gasteiger charge is -2.32. The quantitative estimate of drug-likeness (QED) is 0.743. The summed E-state index contributed by atoms with van der Waals surface area (Å²) in [7, 11) is 0. The lowest BCUT2D eigenvalue weighted by atomic mass is 10.3. The monoisotopic (exact) mass is 245 g/mol. The molecule has 7 heteroatoms. The fourth-order valence-corrected chi connectivity index (χ4v) is 1.84. The molecule has 0 aliphatic carbocycles. The highest BCUT2D eigenvalue weighted by atomic mass is 35.5. The van der Waals surface area contributed by atoms with Crippen molar-refractivity contribution in [3.05, 3.63) is 21.7 Å². The van der Waals surface area contributed by atoms with Crippen LogP contribution in [0.25, 0.3) is 0 Å². The van der Waals surface area contributed by atoms with E-state index in [1.807, 2.05) is 4.90 Å². The SMILES string of the molecule is O=c1[nH]cnc(N2CCOC(CO)C2)c1Cl. The molecule has 0 saturated carbocycles. The minimum atomic E-state index is -0.362. The molecule has 1 atom stereocenters. The minimum Gasteiger partial charge on any atom is -0.394 e.